The molecule has 1 aliphatic heterocycles. The van der Waals surface area contributed by atoms with Crippen molar-refractivity contribution in [3.8, 4) is 0 Å². The van der Waals surface area contributed by atoms with Crippen LogP contribution in [0.4, 0.5) is 0 Å². The van der Waals surface area contributed by atoms with Crippen molar-refractivity contribution >= 4 is 0 Å². The summed E-state index contributed by atoms with van der Waals surface area (Å²) in [5.74, 6) is 0.298. The van der Waals surface area contributed by atoms with E-state index in [0.29, 0.717) is 12.5 Å². The van der Waals surface area contributed by atoms with E-state index in [4.69, 9.17) is 4.74 Å². The predicted octanol–water partition coefficient (Wildman–Crippen LogP) is 1.52. The van der Waals surface area contributed by atoms with Crippen LogP contribution in [-0.2, 0) is 11.3 Å². The van der Waals surface area contributed by atoms with E-state index in [2.05, 4.69) is 29.2 Å². The van der Waals surface area contributed by atoms with E-state index in [9.17, 15) is 5.11 Å². The lowest BCUT2D eigenvalue weighted by Gasteiger charge is -2.35. The predicted molar refractivity (Wildman–Crippen MR) is 67.7 cm³/mol. The summed E-state index contributed by atoms with van der Waals surface area (Å²) in [5, 5.41) is 10.0. The van der Waals surface area contributed by atoms with Crippen molar-refractivity contribution < 1.29 is 9.84 Å². The Morgan fingerprint density at radius 1 is 1.35 bits per heavy atom. The van der Waals surface area contributed by atoms with Gasteiger partial charge in [-0.25, -0.2) is 0 Å². The number of piperidine rings is 1. The molecule has 1 heterocycles. The Morgan fingerprint density at radius 2 is 2.12 bits per heavy atom. The Balaban J connectivity index is 1.85. The fourth-order valence-corrected chi connectivity index (χ4v) is 2.44. The van der Waals surface area contributed by atoms with Crippen molar-refractivity contribution in [2.24, 2.45) is 5.92 Å². The van der Waals surface area contributed by atoms with Crippen molar-refractivity contribution in [3.63, 3.8) is 0 Å². The first-order valence-corrected chi connectivity index (χ1v) is 6.23. The van der Waals surface area contributed by atoms with E-state index in [1.165, 1.54) is 5.56 Å². The van der Waals surface area contributed by atoms with Gasteiger partial charge in [-0.15, -0.1) is 0 Å². The third kappa shape index (κ3) is 3.53. The number of aliphatic hydroxyl groups excluding tert-OH is 1. The average Bonchev–Trinajstić information content (AvgIpc) is 2.34. The van der Waals surface area contributed by atoms with Crippen LogP contribution in [0.2, 0.25) is 0 Å². The highest BCUT2D eigenvalue weighted by atomic mass is 16.5. The standard InChI is InChI=1S/C14H21NO2/c1-17-11-13-7-8-15(10-14(13)16)9-12-5-3-2-4-6-12/h2-6,13-14,16H,7-11H2,1H3/t13-,14-/m0/s1. The third-order valence-corrected chi connectivity index (χ3v) is 3.44. The number of benzene rings is 1. The molecule has 1 saturated heterocycles. The summed E-state index contributed by atoms with van der Waals surface area (Å²) in [6, 6.07) is 10.4. The Morgan fingerprint density at radius 3 is 2.76 bits per heavy atom. The van der Waals surface area contributed by atoms with Gasteiger partial charge in [0, 0.05) is 26.1 Å². The molecule has 3 nitrogen and oxygen atoms in total. The molecule has 0 unspecified atom stereocenters. The van der Waals surface area contributed by atoms with Gasteiger partial charge in [0.15, 0.2) is 0 Å². The number of aliphatic hydroxyl groups is 1. The van der Waals surface area contributed by atoms with Crippen molar-refractivity contribution in [2.45, 2.75) is 19.1 Å². The fourth-order valence-electron chi connectivity index (χ4n) is 2.44. The summed E-state index contributed by atoms with van der Waals surface area (Å²) in [5.41, 5.74) is 1.31. The normalized spacial score (nSPS) is 26.0. The Hall–Kier alpha value is -0.900. The number of hydrogen-bond donors (Lipinski definition) is 1. The summed E-state index contributed by atoms with van der Waals surface area (Å²) in [6.45, 7) is 3.39. The molecule has 1 aromatic rings. The summed E-state index contributed by atoms with van der Waals surface area (Å²) in [4.78, 5) is 2.31. The zero-order valence-electron chi connectivity index (χ0n) is 10.4. The van der Waals surface area contributed by atoms with Crippen LogP contribution in [-0.4, -0.2) is 42.9 Å². The molecule has 0 amide bonds. The lowest BCUT2D eigenvalue weighted by atomic mass is 9.94. The molecule has 2 rings (SSSR count). The van der Waals surface area contributed by atoms with Gasteiger partial charge < -0.3 is 9.84 Å². The van der Waals surface area contributed by atoms with E-state index in [1.807, 2.05) is 6.07 Å². The van der Waals surface area contributed by atoms with Crippen LogP contribution in [0.1, 0.15) is 12.0 Å². The van der Waals surface area contributed by atoms with Gasteiger partial charge in [-0.05, 0) is 18.5 Å². The lowest BCUT2D eigenvalue weighted by molar-refractivity contribution is -0.0140. The molecule has 17 heavy (non-hydrogen) atoms. The zero-order valence-corrected chi connectivity index (χ0v) is 10.4. The lowest BCUT2D eigenvalue weighted by Crippen LogP contribution is -2.44. The fraction of sp³-hybridized carbons (Fsp3) is 0.571. The first-order valence-electron chi connectivity index (χ1n) is 6.23. The van der Waals surface area contributed by atoms with Gasteiger partial charge in [0.2, 0.25) is 0 Å². The Kier molecular flexibility index (Phi) is 4.54. The van der Waals surface area contributed by atoms with E-state index >= 15 is 0 Å². The SMILES string of the molecule is COC[C@@H]1CCN(Cc2ccccc2)C[C@@H]1O. The summed E-state index contributed by atoms with van der Waals surface area (Å²) < 4.78 is 5.13. The average molecular weight is 235 g/mol. The smallest absolute Gasteiger partial charge is 0.0717 e. The molecular weight excluding hydrogens is 214 g/mol. The van der Waals surface area contributed by atoms with Crippen molar-refractivity contribution in [2.75, 3.05) is 26.8 Å². The maximum absolute atomic E-state index is 10.0. The van der Waals surface area contributed by atoms with Crippen LogP contribution in [0.25, 0.3) is 0 Å². The quantitative estimate of drug-likeness (QED) is 0.859. The van der Waals surface area contributed by atoms with Crippen LogP contribution in [0.3, 0.4) is 0 Å². The minimum absolute atomic E-state index is 0.257. The summed E-state index contributed by atoms with van der Waals surface area (Å²) >= 11 is 0. The first kappa shape index (κ1) is 12.6. The highest BCUT2D eigenvalue weighted by Gasteiger charge is 2.27. The number of methoxy groups -OCH3 is 1. The second-order valence-corrected chi connectivity index (χ2v) is 4.79. The molecule has 2 atom stereocenters. The van der Waals surface area contributed by atoms with Crippen LogP contribution in [0, 0.1) is 5.92 Å². The first-order chi connectivity index (χ1) is 8.29. The largest absolute Gasteiger partial charge is 0.391 e. The molecule has 0 bridgehead atoms. The van der Waals surface area contributed by atoms with Crippen LogP contribution >= 0.6 is 0 Å². The van der Waals surface area contributed by atoms with Crippen molar-refractivity contribution in [1.82, 2.24) is 4.90 Å². The highest BCUT2D eigenvalue weighted by Crippen LogP contribution is 2.19. The molecule has 0 radical (unpaired) electrons. The molecule has 0 saturated carbocycles. The minimum Gasteiger partial charge on any atom is -0.391 e. The number of nitrogens with zero attached hydrogens (tertiary/aromatic N) is 1. The zero-order chi connectivity index (χ0) is 12.1. The van der Waals surface area contributed by atoms with Crippen molar-refractivity contribution in [1.29, 1.82) is 0 Å². The molecule has 94 valence electrons. The molecule has 0 spiro atoms. The van der Waals surface area contributed by atoms with E-state index in [1.54, 1.807) is 7.11 Å². The van der Waals surface area contributed by atoms with E-state index < -0.39 is 0 Å². The Labute approximate surface area is 103 Å². The van der Waals surface area contributed by atoms with Gasteiger partial charge in [-0.1, -0.05) is 30.3 Å². The van der Waals surface area contributed by atoms with E-state index in [-0.39, 0.29) is 6.10 Å². The number of β-amino-alcohol motifs (C(OH)–C–C–N with tert-alkyl or cyclic N) is 1. The summed E-state index contributed by atoms with van der Waals surface area (Å²) in [6.07, 6.45) is 0.759. The van der Waals surface area contributed by atoms with Crippen LogP contribution < -0.4 is 0 Å². The second kappa shape index (κ2) is 6.15. The highest BCUT2D eigenvalue weighted by molar-refractivity contribution is 5.14. The van der Waals surface area contributed by atoms with Gasteiger partial charge in [0.1, 0.15) is 0 Å². The molecule has 0 aliphatic carbocycles. The molecule has 0 aromatic heterocycles. The number of ether oxygens (including phenoxy) is 1. The molecule has 1 aromatic carbocycles. The molecular formula is C14H21NO2. The monoisotopic (exact) mass is 235 g/mol. The van der Waals surface area contributed by atoms with Crippen LogP contribution in [0.15, 0.2) is 30.3 Å². The number of hydrogen-bond acceptors (Lipinski definition) is 3. The van der Waals surface area contributed by atoms with Crippen molar-refractivity contribution in [3.05, 3.63) is 35.9 Å². The van der Waals surface area contributed by atoms with Gasteiger partial charge >= 0.3 is 0 Å². The molecule has 1 aliphatic rings. The number of rotatable bonds is 4. The summed E-state index contributed by atoms with van der Waals surface area (Å²) in [7, 11) is 1.70. The minimum atomic E-state index is -0.257. The number of likely N-dealkylation sites (tertiary alicyclic amines) is 1. The molecule has 1 fully saturated rings. The Bertz CT molecular complexity index is 328. The van der Waals surface area contributed by atoms with Gasteiger partial charge in [0.25, 0.3) is 0 Å². The van der Waals surface area contributed by atoms with Crippen LogP contribution in [0.5, 0.6) is 0 Å². The maximum atomic E-state index is 10.0. The van der Waals surface area contributed by atoms with Gasteiger partial charge in [-0.3, -0.25) is 4.90 Å². The van der Waals surface area contributed by atoms with Gasteiger partial charge in [0.05, 0.1) is 12.7 Å². The van der Waals surface area contributed by atoms with E-state index in [0.717, 1.165) is 26.1 Å². The molecule has 3 heteroatoms. The maximum Gasteiger partial charge on any atom is 0.0717 e. The van der Waals surface area contributed by atoms with Gasteiger partial charge in [-0.2, -0.15) is 0 Å². The molecule has 1 N–H and O–H groups in total. The second-order valence-electron chi connectivity index (χ2n) is 4.79. The topological polar surface area (TPSA) is 32.7 Å². The third-order valence-electron chi connectivity index (χ3n) is 3.44.